The maximum atomic E-state index is 12.4. The van der Waals surface area contributed by atoms with Gasteiger partial charge in [0.25, 0.3) is 5.69 Å². The number of fused-ring (bicyclic) bond motifs is 1. The van der Waals surface area contributed by atoms with Crippen molar-refractivity contribution in [3.63, 3.8) is 0 Å². The lowest BCUT2D eigenvalue weighted by Gasteiger charge is -2.33. The average molecular weight is 362 g/mol. The van der Waals surface area contributed by atoms with Crippen molar-refractivity contribution < 1.29 is 14.5 Å². The Kier molecular flexibility index (Phi) is 4.47. The van der Waals surface area contributed by atoms with E-state index in [1.54, 1.807) is 15.5 Å². The molecule has 26 heavy (non-hydrogen) atoms. The number of non-ortho nitro benzene ring substituents is 1. The molecular formula is C17H22N4O5. The van der Waals surface area contributed by atoms with Crippen molar-refractivity contribution in [2.24, 2.45) is 0 Å². The Balaban J connectivity index is 1.77. The molecule has 0 radical (unpaired) electrons. The molecule has 0 unspecified atom stereocenters. The Morgan fingerprint density at radius 2 is 1.96 bits per heavy atom. The summed E-state index contributed by atoms with van der Waals surface area (Å²) in [5.74, 6) is 0. The van der Waals surface area contributed by atoms with E-state index in [1.165, 1.54) is 12.1 Å². The highest BCUT2D eigenvalue weighted by molar-refractivity contribution is 5.78. The molecule has 0 saturated carbocycles. The molecule has 0 atom stereocenters. The number of likely N-dealkylation sites (tertiary alicyclic amines) is 1. The van der Waals surface area contributed by atoms with Crippen LogP contribution < -0.4 is 5.69 Å². The van der Waals surface area contributed by atoms with Crippen LogP contribution in [0.5, 0.6) is 0 Å². The number of nitrogens with one attached hydrogen (secondary N) is 1. The number of imidazole rings is 1. The van der Waals surface area contributed by atoms with E-state index in [-0.39, 0.29) is 23.5 Å². The van der Waals surface area contributed by atoms with Crippen LogP contribution in [0.2, 0.25) is 0 Å². The number of carbonyl (C=O) groups is 1. The van der Waals surface area contributed by atoms with Crippen LogP contribution >= 0.6 is 0 Å². The lowest BCUT2D eigenvalue weighted by atomic mass is 10.0. The quantitative estimate of drug-likeness (QED) is 0.652. The molecule has 0 bridgehead atoms. The van der Waals surface area contributed by atoms with E-state index in [1.807, 2.05) is 20.8 Å². The number of rotatable bonds is 2. The summed E-state index contributed by atoms with van der Waals surface area (Å²) < 4.78 is 7.01. The third kappa shape index (κ3) is 3.56. The summed E-state index contributed by atoms with van der Waals surface area (Å²) in [6.07, 6.45) is 0.879. The van der Waals surface area contributed by atoms with Crippen LogP contribution in [0.4, 0.5) is 10.5 Å². The van der Waals surface area contributed by atoms with Crippen molar-refractivity contribution >= 4 is 22.8 Å². The van der Waals surface area contributed by atoms with Crippen LogP contribution in [0.1, 0.15) is 39.7 Å². The summed E-state index contributed by atoms with van der Waals surface area (Å²) in [4.78, 5) is 39.2. The molecule has 0 spiro atoms. The van der Waals surface area contributed by atoms with E-state index in [4.69, 9.17) is 4.74 Å². The molecule has 1 saturated heterocycles. The Morgan fingerprint density at radius 3 is 2.54 bits per heavy atom. The number of piperidine rings is 1. The van der Waals surface area contributed by atoms with Gasteiger partial charge in [-0.2, -0.15) is 0 Å². The molecule has 2 aromatic rings. The Morgan fingerprint density at radius 1 is 1.31 bits per heavy atom. The minimum Gasteiger partial charge on any atom is -0.444 e. The van der Waals surface area contributed by atoms with Gasteiger partial charge >= 0.3 is 11.8 Å². The van der Waals surface area contributed by atoms with E-state index in [2.05, 4.69) is 4.98 Å². The molecule has 0 aliphatic carbocycles. The van der Waals surface area contributed by atoms with Gasteiger partial charge in [-0.1, -0.05) is 0 Å². The van der Waals surface area contributed by atoms with Gasteiger partial charge in [-0.25, -0.2) is 9.59 Å². The maximum Gasteiger partial charge on any atom is 0.410 e. The zero-order chi connectivity index (χ0) is 19.1. The van der Waals surface area contributed by atoms with Crippen LogP contribution in [0.3, 0.4) is 0 Å². The van der Waals surface area contributed by atoms with E-state index in [9.17, 15) is 19.7 Å². The summed E-state index contributed by atoms with van der Waals surface area (Å²) in [5, 5.41) is 10.9. The van der Waals surface area contributed by atoms with Gasteiger partial charge < -0.3 is 14.6 Å². The zero-order valence-corrected chi connectivity index (χ0v) is 15.0. The summed E-state index contributed by atoms with van der Waals surface area (Å²) in [6, 6.07) is 4.27. The lowest BCUT2D eigenvalue weighted by Crippen LogP contribution is -2.43. The van der Waals surface area contributed by atoms with Crippen molar-refractivity contribution in [3.05, 3.63) is 38.8 Å². The zero-order valence-electron chi connectivity index (χ0n) is 15.0. The summed E-state index contributed by atoms with van der Waals surface area (Å²) in [5.41, 5.74) is 0.174. The highest BCUT2D eigenvalue weighted by atomic mass is 16.6. The van der Waals surface area contributed by atoms with Gasteiger partial charge in [-0.05, 0) is 39.7 Å². The second-order valence-electron chi connectivity index (χ2n) is 7.46. The van der Waals surface area contributed by atoms with Crippen molar-refractivity contribution in [1.82, 2.24) is 14.5 Å². The van der Waals surface area contributed by atoms with Crippen molar-refractivity contribution in [2.75, 3.05) is 13.1 Å². The van der Waals surface area contributed by atoms with E-state index in [0.717, 1.165) is 0 Å². The SMILES string of the molecule is CC(C)(C)OC(=O)N1CCC(n2c(=O)[nH]c3cc([N+](=O)[O-])ccc32)CC1. The number of carbonyl (C=O) groups excluding carboxylic acids is 1. The van der Waals surface area contributed by atoms with Crippen LogP contribution in [-0.4, -0.2) is 44.2 Å². The van der Waals surface area contributed by atoms with Crippen molar-refractivity contribution in [2.45, 2.75) is 45.3 Å². The van der Waals surface area contributed by atoms with Gasteiger partial charge in [0, 0.05) is 31.3 Å². The van der Waals surface area contributed by atoms with E-state index in [0.29, 0.717) is 37.0 Å². The molecule has 1 aromatic carbocycles. The molecule has 2 heterocycles. The fourth-order valence-electron chi connectivity index (χ4n) is 3.23. The fraction of sp³-hybridized carbons (Fsp3) is 0.529. The summed E-state index contributed by atoms with van der Waals surface area (Å²) in [7, 11) is 0. The lowest BCUT2D eigenvalue weighted by molar-refractivity contribution is -0.384. The number of benzene rings is 1. The monoisotopic (exact) mass is 362 g/mol. The summed E-state index contributed by atoms with van der Waals surface area (Å²) in [6.45, 7) is 6.45. The third-order valence-electron chi connectivity index (χ3n) is 4.39. The molecule has 1 fully saturated rings. The molecule has 1 aliphatic heterocycles. The summed E-state index contributed by atoms with van der Waals surface area (Å²) >= 11 is 0. The number of hydrogen-bond acceptors (Lipinski definition) is 5. The van der Waals surface area contributed by atoms with Gasteiger partial charge in [0.15, 0.2) is 0 Å². The molecule has 1 amide bonds. The largest absolute Gasteiger partial charge is 0.444 e. The van der Waals surface area contributed by atoms with Gasteiger partial charge in [-0.3, -0.25) is 14.7 Å². The van der Waals surface area contributed by atoms with Crippen molar-refractivity contribution in [1.29, 1.82) is 0 Å². The molecule has 9 heteroatoms. The number of amides is 1. The minimum atomic E-state index is -0.545. The maximum absolute atomic E-state index is 12.4. The first-order valence-corrected chi connectivity index (χ1v) is 8.52. The number of nitrogens with zero attached hydrogens (tertiary/aromatic N) is 3. The van der Waals surface area contributed by atoms with Crippen LogP contribution in [0.25, 0.3) is 11.0 Å². The molecule has 1 aromatic heterocycles. The third-order valence-corrected chi connectivity index (χ3v) is 4.39. The molecule has 140 valence electrons. The second-order valence-corrected chi connectivity index (χ2v) is 7.46. The minimum absolute atomic E-state index is 0.0642. The standard InChI is InChI=1S/C17H22N4O5/c1-17(2,3)26-16(23)19-8-6-11(7-9-19)20-14-5-4-12(21(24)25)10-13(14)18-15(20)22/h4-5,10-11H,6-9H2,1-3H3,(H,18,22). The average Bonchev–Trinajstić information content (AvgIpc) is 2.88. The number of hydrogen-bond donors (Lipinski definition) is 1. The predicted octanol–water partition coefficient (Wildman–Crippen LogP) is 2.81. The molecule has 9 nitrogen and oxygen atoms in total. The normalized spacial score (nSPS) is 16.0. The highest BCUT2D eigenvalue weighted by Crippen LogP contribution is 2.27. The Bertz CT molecular complexity index is 900. The molecular weight excluding hydrogens is 340 g/mol. The number of ether oxygens (including phenoxy) is 1. The van der Waals surface area contributed by atoms with Gasteiger partial charge in [0.05, 0.1) is 16.0 Å². The number of aromatic nitrogens is 2. The topological polar surface area (TPSA) is 110 Å². The van der Waals surface area contributed by atoms with E-state index >= 15 is 0 Å². The van der Waals surface area contributed by atoms with Gasteiger partial charge in [0.2, 0.25) is 0 Å². The smallest absolute Gasteiger partial charge is 0.410 e. The van der Waals surface area contributed by atoms with Crippen LogP contribution in [0, 0.1) is 10.1 Å². The molecule has 1 N–H and O–H groups in total. The van der Waals surface area contributed by atoms with Crippen molar-refractivity contribution in [3.8, 4) is 0 Å². The van der Waals surface area contributed by atoms with E-state index < -0.39 is 10.5 Å². The number of nitro benzene ring substituents is 1. The van der Waals surface area contributed by atoms with Gasteiger partial charge in [-0.15, -0.1) is 0 Å². The first-order valence-electron chi connectivity index (χ1n) is 8.52. The predicted molar refractivity (Wildman–Crippen MR) is 95.3 cm³/mol. The highest BCUT2D eigenvalue weighted by Gasteiger charge is 2.29. The Hall–Kier alpha value is -2.84. The molecule has 3 rings (SSSR count). The molecule has 1 aliphatic rings. The first kappa shape index (κ1) is 18.0. The van der Waals surface area contributed by atoms with Crippen LogP contribution in [0.15, 0.2) is 23.0 Å². The number of aromatic amines is 1. The van der Waals surface area contributed by atoms with Gasteiger partial charge in [0.1, 0.15) is 5.60 Å². The number of H-pyrrole nitrogens is 1. The van der Waals surface area contributed by atoms with Crippen LogP contribution in [-0.2, 0) is 4.74 Å². The first-order chi connectivity index (χ1) is 12.2. The fourth-order valence-corrected chi connectivity index (χ4v) is 3.23. The second kappa shape index (κ2) is 6.47. The Labute approximate surface area is 149 Å². The number of nitro groups is 1.